The first-order valence-corrected chi connectivity index (χ1v) is 10.1. The van der Waals surface area contributed by atoms with Gasteiger partial charge in [0, 0.05) is 5.56 Å². The van der Waals surface area contributed by atoms with Crippen molar-refractivity contribution >= 4 is 21.4 Å². The number of benzene rings is 3. The molecule has 0 unspecified atom stereocenters. The third-order valence-electron chi connectivity index (χ3n) is 4.21. The molecule has 3 rings (SSSR count). The van der Waals surface area contributed by atoms with E-state index < -0.39 is 15.7 Å². The Hall–Kier alpha value is -3.12. The molecule has 0 aliphatic rings. The zero-order valence-corrected chi connectivity index (χ0v) is 15.5. The van der Waals surface area contributed by atoms with Crippen LogP contribution in [0.25, 0.3) is 11.1 Å². The fraction of sp³-hybridized carbons (Fsp3) is 0.0952. The van der Waals surface area contributed by atoms with Gasteiger partial charge in [-0.1, -0.05) is 49.4 Å². The molecule has 0 saturated carbocycles. The standard InChI is InChI=1S/C21H19NO4S/c1-2-27(25,26)18-12-13-20(23)19(14-18)22-21(24)17-10-8-16(9-11-17)15-6-4-3-5-7-15/h3-14,23H,2H2,1H3,(H,22,24). The summed E-state index contributed by atoms with van der Waals surface area (Å²) >= 11 is 0. The summed E-state index contributed by atoms with van der Waals surface area (Å²) in [5.74, 6) is -0.693. The van der Waals surface area contributed by atoms with Gasteiger partial charge in [0.2, 0.25) is 0 Å². The Balaban J connectivity index is 1.82. The first-order valence-electron chi connectivity index (χ1n) is 8.43. The number of nitrogens with one attached hydrogen (secondary N) is 1. The number of hydrogen-bond acceptors (Lipinski definition) is 4. The van der Waals surface area contributed by atoms with E-state index in [1.807, 2.05) is 42.5 Å². The van der Waals surface area contributed by atoms with Gasteiger partial charge in [-0.15, -0.1) is 0 Å². The second-order valence-corrected chi connectivity index (χ2v) is 8.26. The molecule has 0 aromatic heterocycles. The molecule has 0 aliphatic carbocycles. The molecule has 0 heterocycles. The van der Waals surface area contributed by atoms with E-state index in [0.717, 1.165) is 11.1 Å². The highest BCUT2D eigenvalue weighted by Crippen LogP contribution is 2.28. The monoisotopic (exact) mass is 381 g/mol. The molecule has 0 saturated heterocycles. The van der Waals surface area contributed by atoms with Crippen LogP contribution in [0.1, 0.15) is 17.3 Å². The molecule has 6 heteroatoms. The van der Waals surface area contributed by atoms with E-state index in [1.165, 1.54) is 25.1 Å². The number of aromatic hydroxyl groups is 1. The SMILES string of the molecule is CCS(=O)(=O)c1ccc(O)c(NC(=O)c2ccc(-c3ccccc3)cc2)c1. The minimum Gasteiger partial charge on any atom is -0.506 e. The van der Waals surface area contributed by atoms with Crippen molar-refractivity contribution in [2.45, 2.75) is 11.8 Å². The van der Waals surface area contributed by atoms with Crippen LogP contribution in [0.15, 0.2) is 77.7 Å². The molecule has 1 amide bonds. The number of carbonyl (C=O) groups excluding carboxylic acids is 1. The molecule has 3 aromatic carbocycles. The van der Waals surface area contributed by atoms with E-state index in [4.69, 9.17) is 0 Å². The van der Waals surface area contributed by atoms with Crippen molar-refractivity contribution in [3.8, 4) is 16.9 Å². The summed E-state index contributed by atoms with van der Waals surface area (Å²) in [5, 5.41) is 12.5. The molecule has 3 aromatic rings. The summed E-state index contributed by atoms with van der Waals surface area (Å²) in [7, 11) is -3.44. The third-order valence-corrected chi connectivity index (χ3v) is 5.94. The van der Waals surface area contributed by atoms with E-state index in [2.05, 4.69) is 5.32 Å². The van der Waals surface area contributed by atoms with Crippen molar-refractivity contribution in [2.75, 3.05) is 11.1 Å². The van der Waals surface area contributed by atoms with Gasteiger partial charge in [0.05, 0.1) is 16.3 Å². The summed E-state index contributed by atoms with van der Waals surface area (Å²) < 4.78 is 24.0. The topological polar surface area (TPSA) is 83.5 Å². The molecule has 138 valence electrons. The van der Waals surface area contributed by atoms with Crippen molar-refractivity contribution in [3.05, 3.63) is 78.4 Å². The van der Waals surface area contributed by atoms with Crippen molar-refractivity contribution in [2.24, 2.45) is 0 Å². The van der Waals surface area contributed by atoms with Gasteiger partial charge in [0.1, 0.15) is 5.75 Å². The molecule has 0 bridgehead atoms. The highest BCUT2D eigenvalue weighted by molar-refractivity contribution is 7.91. The Kier molecular flexibility index (Phi) is 5.28. The minimum absolute atomic E-state index is 0.0533. The summed E-state index contributed by atoms with van der Waals surface area (Å²) in [5.41, 5.74) is 2.48. The first kappa shape index (κ1) is 18.7. The second kappa shape index (κ2) is 7.63. The number of anilines is 1. The highest BCUT2D eigenvalue weighted by Gasteiger charge is 2.16. The van der Waals surface area contributed by atoms with Gasteiger partial charge in [-0.25, -0.2) is 8.42 Å². The molecular formula is C21H19NO4S. The quantitative estimate of drug-likeness (QED) is 0.652. The fourth-order valence-electron chi connectivity index (χ4n) is 2.61. The normalized spacial score (nSPS) is 11.1. The molecule has 0 atom stereocenters. The zero-order chi connectivity index (χ0) is 19.4. The maximum Gasteiger partial charge on any atom is 0.255 e. The number of phenolic OH excluding ortho intramolecular Hbond substituents is 1. The second-order valence-electron chi connectivity index (χ2n) is 5.98. The lowest BCUT2D eigenvalue weighted by Gasteiger charge is -2.10. The van der Waals surface area contributed by atoms with Gasteiger partial charge in [0.15, 0.2) is 9.84 Å². The van der Waals surface area contributed by atoms with E-state index >= 15 is 0 Å². The van der Waals surface area contributed by atoms with Crippen LogP contribution in [0.4, 0.5) is 5.69 Å². The third kappa shape index (κ3) is 4.17. The number of hydrogen-bond donors (Lipinski definition) is 2. The lowest BCUT2D eigenvalue weighted by molar-refractivity contribution is 0.102. The maximum absolute atomic E-state index is 12.5. The Bertz CT molecular complexity index is 1060. The number of phenols is 1. The zero-order valence-electron chi connectivity index (χ0n) is 14.7. The molecule has 0 radical (unpaired) electrons. The van der Waals surface area contributed by atoms with Crippen molar-refractivity contribution in [3.63, 3.8) is 0 Å². The van der Waals surface area contributed by atoms with E-state index in [1.54, 1.807) is 12.1 Å². The lowest BCUT2D eigenvalue weighted by atomic mass is 10.0. The van der Waals surface area contributed by atoms with Crippen LogP contribution in [0.3, 0.4) is 0 Å². The van der Waals surface area contributed by atoms with Crippen molar-refractivity contribution in [1.82, 2.24) is 0 Å². The smallest absolute Gasteiger partial charge is 0.255 e. The van der Waals surface area contributed by atoms with Crippen LogP contribution in [-0.4, -0.2) is 25.2 Å². The first-order chi connectivity index (χ1) is 12.9. The largest absolute Gasteiger partial charge is 0.506 e. The highest BCUT2D eigenvalue weighted by atomic mass is 32.2. The Morgan fingerprint density at radius 3 is 2.19 bits per heavy atom. The Labute approximate surface area is 158 Å². The van der Waals surface area contributed by atoms with Crippen LogP contribution < -0.4 is 5.32 Å². The lowest BCUT2D eigenvalue weighted by Crippen LogP contribution is -2.13. The van der Waals surface area contributed by atoms with E-state index in [0.29, 0.717) is 5.56 Å². The van der Waals surface area contributed by atoms with Crippen molar-refractivity contribution < 1.29 is 18.3 Å². The van der Waals surface area contributed by atoms with Crippen molar-refractivity contribution in [1.29, 1.82) is 0 Å². The maximum atomic E-state index is 12.5. The summed E-state index contributed by atoms with van der Waals surface area (Å²) in [6.07, 6.45) is 0. The Morgan fingerprint density at radius 1 is 0.926 bits per heavy atom. The van der Waals surface area contributed by atoms with Gasteiger partial charge < -0.3 is 10.4 Å². The van der Waals surface area contributed by atoms with Crippen LogP contribution in [0, 0.1) is 0 Å². The van der Waals surface area contributed by atoms with Gasteiger partial charge in [-0.3, -0.25) is 4.79 Å². The predicted molar refractivity (Wildman–Crippen MR) is 106 cm³/mol. The fourth-order valence-corrected chi connectivity index (χ4v) is 3.52. The molecule has 0 spiro atoms. The molecule has 27 heavy (non-hydrogen) atoms. The number of carbonyl (C=O) groups is 1. The molecule has 5 nitrogen and oxygen atoms in total. The molecule has 2 N–H and O–H groups in total. The van der Waals surface area contributed by atoms with E-state index in [-0.39, 0.29) is 22.1 Å². The number of amides is 1. The average molecular weight is 381 g/mol. The van der Waals surface area contributed by atoms with Gasteiger partial charge in [0.25, 0.3) is 5.91 Å². The summed E-state index contributed by atoms with van der Waals surface area (Å²) in [4.78, 5) is 12.5. The Morgan fingerprint density at radius 2 is 1.56 bits per heavy atom. The summed E-state index contributed by atoms with van der Waals surface area (Å²) in [6.45, 7) is 1.54. The minimum atomic E-state index is -3.44. The van der Waals surface area contributed by atoms with Crippen LogP contribution in [-0.2, 0) is 9.84 Å². The van der Waals surface area contributed by atoms with Crippen LogP contribution in [0.2, 0.25) is 0 Å². The molecular weight excluding hydrogens is 362 g/mol. The van der Waals surface area contributed by atoms with Gasteiger partial charge in [-0.2, -0.15) is 0 Å². The van der Waals surface area contributed by atoms with E-state index in [9.17, 15) is 18.3 Å². The van der Waals surface area contributed by atoms with Gasteiger partial charge >= 0.3 is 0 Å². The van der Waals surface area contributed by atoms with Crippen LogP contribution >= 0.6 is 0 Å². The predicted octanol–water partition coefficient (Wildman–Crippen LogP) is 4.11. The number of rotatable bonds is 5. The van der Waals surface area contributed by atoms with Crippen LogP contribution in [0.5, 0.6) is 5.75 Å². The van der Waals surface area contributed by atoms with Gasteiger partial charge in [-0.05, 0) is 41.5 Å². The average Bonchev–Trinajstić information content (AvgIpc) is 2.70. The number of sulfone groups is 1. The molecule has 0 aliphatic heterocycles. The molecule has 0 fully saturated rings. The summed E-state index contributed by atoms with van der Waals surface area (Å²) in [6, 6.07) is 20.7.